The van der Waals surface area contributed by atoms with Crippen LogP contribution in [0.25, 0.3) is 0 Å². The zero-order valence-electron chi connectivity index (χ0n) is 13.4. The molecule has 5 nitrogen and oxygen atoms in total. The quantitative estimate of drug-likeness (QED) is 0.587. The summed E-state index contributed by atoms with van der Waals surface area (Å²) in [5.74, 6) is 0.626. The molecule has 0 aliphatic carbocycles. The van der Waals surface area contributed by atoms with E-state index in [0.29, 0.717) is 10.3 Å². The number of anilines is 3. The second-order valence-corrected chi connectivity index (χ2v) is 5.57. The molecular formula is C14H14BrF6N5. The number of halogens is 7. The molecule has 0 saturated carbocycles. The third-order valence-corrected chi connectivity index (χ3v) is 3.49. The fraction of sp³-hybridized carbons (Fsp3) is 0.286. The monoisotopic (exact) mass is 445 g/mol. The molecule has 0 amide bonds. The minimum Gasteiger partial charge on any atom is -0.396 e. The average Bonchev–Trinajstić information content (AvgIpc) is 2.53. The van der Waals surface area contributed by atoms with Crippen molar-refractivity contribution in [2.75, 3.05) is 30.5 Å². The van der Waals surface area contributed by atoms with Crippen LogP contribution in [0.3, 0.4) is 0 Å². The molecule has 0 aliphatic heterocycles. The van der Waals surface area contributed by atoms with Crippen LogP contribution in [0.2, 0.25) is 0 Å². The van der Waals surface area contributed by atoms with Crippen molar-refractivity contribution in [2.45, 2.75) is 12.4 Å². The molecule has 26 heavy (non-hydrogen) atoms. The van der Waals surface area contributed by atoms with Crippen molar-refractivity contribution in [2.24, 2.45) is 0 Å². The average molecular weight is 446 g/mol. The highest BCUT2D eigenvalue weighted by atomic mass is 79.9. The van der Waals surface area contributed by atoms with E-state index in [0.717, 1.165) is 24.5 Å². The molecule has 12 heteroatoms. The van der Waals surface area contributed by atoms with Crippen molar-refractivity contribution in [1.29, 1.82) is 0 Å². The number of hydrogen-bond donors (Lipinski definition) is 3. The minimum atomic E-state index is -4.40. The summed E-state index contributed by atoms with van der Waals surface area (Å²) in [5, 5.41) is 5.22. The molecule has 4 N–H and O–H groups in total. The Balaban J connectivity index is 0.000000260. The molecule has 0 fully saturated rings. The van der Waals surface area contributed by atoms with Crippen LogP contribution >= 0.6 is 15.9 Å². The summed E-state index contributed by atoms with van der Waals surface area (Å²) in [5.41, 5.74) is 3.68. The Morgan fingerprint density at radius 2 is 1.27 bits per heavy atom. The number of alkyl halides is 6. The van der Waals surface area contributed by atoms with E-state index in [-0.39, 0.29) is 11.5 Å². The first kappa shape index (κ1) is 21.8. The first-order valence-corrected chi connectivity index (χ1v) is 7.60. The predicted molar refractivity (Wildman–Crippen MR) is 89.7 cm³/mol. The van der Waals surface area contributed by atoms with Gasteiger partial charge in [-0.15, -0.1) is 0 Å². The van der Waals surface area contributed by atoms with E-state index in [4.69, 9.17) is 5.73 Å². The van der Waals surface area contributed by atoms with Gasteiger partial charge in [0, 0.05) is 26.5 Å². The van der Waals surface area contributed by atoms with E-state index in [1.54, 1.807) is 7.05 Å². The second kappa shape index (κ2) is 8.43. The molecule has 0 unspecified atom stereocenters. The van der Waals surface area contributed by atoms with Crippen LogP contribution in [0.15, 0.2) is 29.0 Å². The van der Waals surface area contributed by atoms with Gasteiger partial charge < -0.3 is 16.4 Å². The fourth-order valence-electron chi connectivity index (χ4n) is 1.62. The number of aromatic nitrogens is 2. The van der Waals surface area contributed by atoms with Crippen LogP contribution in [-0.2, 0) is 12.4 Å². The highest BCUT2D eigenvalue weighted by Crippen LogP contribution is 2.32. The number of pyridine rings is 2. The Morgan fingerprint density at radius 3 is 1.62 bits per heavy atom. The van der Waals surface area contributed by atoms with Crippen LogP contribution in [0, 0.1) is 0 Å². The summed E-state index contributed by atoms with van der Waals surface area (Å²) in [6.07, 6.45) is -7.21. The lowest BCUT2D eigenvalue weighted by Gasteiger charge is -2.08. The number of nitrogens with two attached hydrogens (primary N) is 1. The lowest BCUT2D eigenvalue weighted by Crippen LogP contribution is -2.08. The Bertz CT molecular complexity index is 684. The van der Waals surface area contributed by atoms with E-state index >= 15 is 0 Å². The molecule has 0 radical (unpaired) electrons. The van der Waals surface area contributed by atoms with Crippen molar-refractivity contribution in [1.82, 2.24) is 9.97 Å². The van der Waals surface area contributed by atoms with Gasteiger partial charge in [-0.3, -0.25) is 0 Å². The summed E-state index contributed by atoms with van der Waals surface area (Å²) in [7, 11) is 3.12. The number of nitrogens with zero attached hydrogens (tertiary/aromatic N) is 2. The molecule has 0 saturated heterocycles. The van der Waals surface area contributed by atoms with Crippen molar-refractivity contribution < 1.29 is 26.3 Å². The first-order chi connectivity index (χ1) is 11.9. The van der Waals surface area contributed by atoms with Crippen molar-refractivity contribution in [3.63, 3.8) is 0 Å². The van der Waals surface area contributed by atoms with Crippen molar-refractivity contribution in [3.8, 4) is 0 Å². The third-order valence-electron chi connectivity index (χ3n) is 2.89. The molecule has 144 valence electrons. The van der Waals surface area contributed by atoms with Gasteiger partial charge in [0.25, 0.3) is 0 Å². The number of rotatable bonds is 2. The smallest absolute Gasteiger partial charge is 0.396 e. The highest BCUT2D eigenvalue weighted by molar-refractivity contribution is 9.10. The molecule has 2 heterocycles. The number of hydrogen-bond acceptors (Lipinski definition) is 5. The topological polar surface area (TPSA) is 75.9 Å². The molecule has 2 rings (SSSR count). The predicted octanol–water partition coefficient (Wildman–Crippen LogP) is 4.63. The lowest BCUT2D eigenvalue weighted by atomic mass is 10.2. The van der Waals surface area contributed by atoms with Gasteiger partial charge in [-0.05, 0) is 28.1 Å². The summed E-state index contributed by atoms with van der Waals surface area (Å²) in [6.45, 7) is 0. The molecule has 2 aromatic rings. The summed E-state index contributed by atoms with van der Waals surface area (Å²) < 4.78 is 72.9. The van der Waals surface area contributed by atoms with Gasteiger partial charge in [0.1, 0.15) is 11.6 Å². The second-order valence-electron chi connectivity index (χ2n) is 4.71. The number of nitrogen functional groups attached to an aromatic ring is 1. The Morgan fingerprint density at radius 1 is 0.846 bits per heavy atom. The maximum absolute atomic E-state index is 12.1. The van der Waals surface area contributed by atoms with Crippen LogP contribution in [-0.4, -0.2) is 24.1 Å². The van der Waals surface area contributed by atoms with Gasteiger partial charge in [-0.2, -0.15) is 26.3 Å². The first-order valence-electron chi connectivity index (χ1n) is 6.81. The molecule has 0 aliphatic rings. The molecular weight excluding hydrogens is 432 g/mol. The van der Waals surface area contributed by atoms with E-state index in [2.05, 4.69) is 36.5 Å². The van der Waals surface area contributed by atoms with E-state index in [9.17, 15) is 26.3 Å². The SMILES string of the molecule is CNc1ncc(C(F)(F)F)cc1Br.CNc1ncc(C(F)(F)F)cc1N. The number of nitrogens with one attached hydrogen (secondary N) is 2. The maximum atomic E-state index is 12.1. The van der Waals surface area contributed by atoms with Gasteiger partial charge in [-0.25, -0.2) is 9.97 Å². The molecule has 2 aromatic heterocycles. The largest absolute Gasteiger partial charge is 0.417 e. The standard InChI is InChI=1S/C7H6BrF3N2.C7H8F3N3/c1-12-6-5(8)2-4(3-13-6)7(9,10)11;1-12-6-5(11)2-4(3-13-6)7(8,9)10/h2-3H,1H3,(H,12,13);2-3H,11H2,1H3,(H,12,13). The third kappa shape index (κ3) is 5.93. The van der Waals surface area contributed by atoms with Gasteiger partial charge in [0.15, 0.2) is 0 Å². The lowest BCUT2D eigenvalue weighted by molar-refractivity contribution is -0.138. The molecule has 0 atom stereocenters. The normalized spacial score (nSPS) is 11.4. The van der Waals surface area contributed by atoms with E-state index in [1.165, 1.54) is 7.05 Å². The van der Waals surface area contributed by atoms with Crippen LogP contribution in [0.4, 0.5) is 43.7 Å². The van der Waals surface area contributed by atoms with Gasteiger partial charge in [0.05, 0.1) is 21.3 Å². The van der Waals surface area contributed by atoms with Crippen LogP contribution < -0.4 is 16.4 Å². The molecule has 0 bridgehead atoms. The Labute approximate surface area is 153 Å². The minimum absolute atomic E-state index is 0.0164. The molecule has 0 spiro atoms. The Kier molecular flexibility index (Phi) is 7.07. The van der Waals surface area contributed by atoms with Crippen LogP contribution in [0.1, 0.15) is 11.1 Å². The summed E-state index contributed by atoms with van der Waals surface area (Å²) in [6, 6.07) is 1.83. The zero-order valence-corrected chi connectivity index (χ0v) is 15.0. The maximum Gasteiger partial charge on any atom is 0.417 e. The molecule has 0 aromatic carbocycles. The van der Waals surface area contributed by atoms with Gasteiger partial charge in [-0.1, -0.05) is 0 Å². The van der Waals surface area contributed by atoms with Gasteiger partial charge >= 0.3 is 12.4 Å². The van der Waals surface area contributed by atoms with Gasteiger partial charge in [0.2, 0.25) is 0 Å². The van der Waals surface area contributed by atoms with Crippen molar-refractivity contribution >= 4 is 33.3 Å². The van der Waals surface area contributed by atoms with E-state index in [1.807, 2.05) is 0 Å². The Hall–Kier alpha value is -2.24. The van der Waals surface area contributed by atoms with E-state index < -0.39 is 23.5 Å². The summed E-state index contributed by atoms with van der Waals surface area (Å²) in [4.78, 5) is 7.09. The fourth-order valence-corrected chi connectivity index (χ4v) is 2.17. The highest BCUT2D eigenvalue weighted by Gasteiger charge is 2.32. The zero-order chi connectivity index (χ0) is 20.1. The van der Waals surface area contributed by atoms with Crippen LogP contribution in [0.5, 0.6) is 0 Å². The summed E-state index contributed by atoms with van der Waals surface area (Å²) >= 11 is 2.97. The van der Waals surface area contributed by atoms with Crippen molar-refractivity contribution in [3.05, 3.63) is 40.1 Å².